The Morgan fingerprint density at radius 3 is 1.86 bits per heavy atom. The number of nitro benzene ring substituents is 1. The number of benzene rings is 3. The van der Waals surface area contributed by atoms with Crippen molar-refractivity contribution in [3.63, 3.8) is 0 Å². The maximum atomic E-state index is 15.1. The van der Waals surface area contributed by atoms with Crippen LogP contribution in [-0.2, 0) is 0 Å². The van der Waals surface area contributed by atoms with Gasteiger partial charge in [0.1, 0.15) is 11.4 Å². The molecule has 0 saturated carbocycles. The number of rotatable bonds is 3. The Hall–Kier alpha value is -4.01. The van der Waals surface area contributed by atoms with Crippen molar-refractivity contribution in [3.05, 3.63) is 98.4 Å². The summed E-state index contributed by atoms with van der Waals surface area (Å²) in [5, 5.41) is 13.3. The van der Waals surface area contributed by atoms with Gasteiger partial charge in [0.15, 0.2) is 29.0 Å². The third-order valence-corrected chi connectivity index (χ3v) is 4.55. The molecule has 0 aliphatic heterocycles. The fourth-order valence-electron chi connectivity index (χ4n) is 3.22. The first-order valence-electron chi connectivity index (χ1n) is 8.22. The van der Waals surface area contributed by atoms with Crippen molar-refractivity contribution in [1.29, 1.82) is 0 Å². The van der Waals surface area contributed by atoms with E-state index in [4.69, 9.17) is 0 Å². The molecular weight excluding hydrogens is 389 g/mol. The maximum Gasteiger partial charge on any atom is 0.292 e. The van der Waals surface area contributed by atoms with Gasteiger partial charge in [-0.25, -0.2) is 13.2 Å². The van der Waals surface area contributed by atoms with Gasteiger partial charge >= 0.3 is 0 Å². The lowest BCUT2D eigenvalue weighted by Crippen LogP contribution is -2.25. The van der Waals surface area contributed by atoms with Crippen LogP contribution in [0.1, 0.15) is 31.8 Å². The summed E-state index contributed by atoms with van der Waals surface area (Å²) in [6.45, 7) is 0. The van der Waals surface area contributed by atoms with E-state index in [1.807, 2.05) is 0 Å². The number of carbonyl (C=O) groups is 2. The average molecular weight is 398 g/mol. The van der Waals surface area contributed by atoms with Gasteiger partial charge in [0.2, 0.25) is 0 Å². The van der Waals surface area contributed by atoms with Gasteiger partial charge in [0.05, 0.1) is 16.1 Å². The van der Waals surface area contributed by atoms with Gasteiger partial charge in [0, 0.05) is 17.2 Å². The molecule has 9 heteroatoms. The molecule has 29 heavy (non-hydrogen) atoms. The van der Waals surface area contributed by atoms with Crippen LogP contribution in [0, 0.1) is 27.6 Å². The molecule has 0 radical (unpaired) electrons. The topological polar surface area (TPSA) is 89.3 Å². The molecule has 144 valence electrons. The number of nitrogens with one attached hydrogen (secondary N) is 1. The van der Waals surface area contributed by atoms with E-state index in [0.29, 0.717) is 0 Å². The molecule has 3 aromatic rings. The number of ketones is 2. The summed E-state index contributed by atoms with van der Waals surface area (Å²) < 4.78 is 44.5. The Bertz CT molecular complexity index is 1240. The largest absolute Gasteiger partial charge is 0.345 e. The van der Waals surface area contributed by atoms with Crippen molar-refractivity contribution < 1.29 is 27.7 Å². The highest BCUT2D eigenvalue weighted by molar-refractivity contribution is 6.28. The number of hydrogen-bond donors (Lipinski definition) is 1. The van der Waals surface area contributed by atoms with Crippen LogP contribution in [0.2, 0.25) is 0 Å². The van der Waals surface area contributed by atoms with Crippen molar-refractivity contribution in [1.82, 2.24) is 0 Å². The minimum absolute atomic E-state index is 0.147. The molecule has 0 aromatic heterocycles. The van der Waals surface area contributed by atoms with E-state index < -0.39 is 56.4 Å². The van der Waals surface area contributed by atoms with Crippen LogP contribution in [0.3, 0.4) is 0 Å². The van der Waals surface area contributed by atoms with Gasteiger partial charge in [0.25, 0.3) is 5.69 Å². The molecule has 0 unspecified atom stereocenters. The minimum atomic E-state index is -1.76. The van der Waals surface area contributed by atoms with E-state index in [9.17, 15) is 28.5 Å². The fourth-order valence-corrected chi connectivity index (χ4v) is 3.22. The van der Waals surface area contributed by atoms with Gasteiger partial charge in [-0.05, 0) is 6.07 Å². The van der Waals surface area contributed by atoms with Crippen molar-refractivity contribution >= 4 is 28.6 Å². The highest BCUT2D eigenvalue weighted by Crippen LogP contribution is 2.38. The highest BCUT2D eigenvalue weighted by Gasteiger charge is 2.38. The molecule has 1 aliphatic rings. The summed E-state index contributed by atoms with van der Waals surface area (Å²) in [7, 11) is 0. The van der Waals surface area contributed by atoms with Crippen LogP contribution < -0.4 is 5.32 Å². The quantitative estimate of drug-likeness (QED) is 0.311. The van der Waals surface area contributed by atoms with Crippen LogP contribution in [0.5, 0.6) is 0 Å². The van der Waals surface area contributed by atoms with Crippen LogP contribution in [-0.4, -0.2) is 16.5 Å². The normalized spacial score (nSPS) is 12.4. The molecule has 1 aliphatic carbocycles. The Kier molecular flexibility index (Phi) is 4.15. The molecule has 0 heterocycles. The summed E-state index contributed by atoms with van der Waals surface area (Å²) in [6, 6.07) is 10.4. The zero-order valence-electron chi connectivity index (χ0n) is 14.3. The molecule has 0 amide bonds. The van der Waals surface area contributed by atoms with E-state index in [1.54, 1.807) is 0 Å². The first-order valence-corrected chi connectivity index (χ1v) is 8.22. The van der Waals surface area contributed by atoms with Crippen LogP contribution in [0.15, 0.2) is 48.5 Å². The van der Waals surface area contributed by atoms with Gasteiger partial charge in [-0.3, -0.25) is 19.7 Å². The summed E-state index contributed by atoms with van der Waals surface area (Å²) >= 11 is 0. The number of nitro groups is 1. The molecule has 6 nitrogen and oxygen atoms in total. The van der Waals surface area contributed by atoms with Crippen LogP contribution >= 0.6 is 0 Å². The lowest BCUT2D eigenvalue weighted by molar-refractivity contribution is -0.383. The Morgan fingerprint density at radius 1 is 0.759 bits per heavy atom. The van der Waals surface area contributed by atoms with Gasteiger partial charge in [-0.15, -0.1) is 0 Å². The Morgan fingerprint density at radius 2 is 1.28 bits per heavy atom. The van der Waals surface area contributed by atoms with Crippen molar-refractivity contribution in [2.24, 2.45) is 0 Å². The first-order chi connectivity index (χ1) is 13.8. The first kappa shape index (κ1) is 18.4. The zero-order valence-corrected chi connectivity index (χ0v) is 14.3. The molecule has 1 N–H and O–H groups in total. The molecule has 3 aromatic carbocycles. The van der Waals surface area contributed by atoms with Crippen molar-refractivity contribution in [2.45, 2.75) is 0 Å². The number of hydrogen-bond acceptors (Lipinski definition) is 5. The van der Waals surface area contributed by atoms with Crippen molar-refractivity contribution in [2.75, 3.05) is 5.32 Å². The lowest BCUT2D eigenvalue weighted by Gasteiger charge is -2.21. The second-order valence-corrected chi connectivity index (χ2v) is 6.17. The van der Waals surface area contributed by atoms with E-state index >= 15 is 4.39 Å². The molecule has 0 atom stereocenters. The van der Waals surface area contributed by atoms with Gasteiger partial charge in [-0.2, -0.15) is 0 Å². The third-order valence-electron chi connectivity index (χ3n) is 4.55. The Labute approximate surface area is 160 Å². The number of nitrogens with zero attached hydrogens (tertiary/aromatic N) is 1. The van der Waals surface area contributed by atoms with Crippen LogP contribution in [0.4, 0.5) is 30.2 Å². The van der Waals surface area contributed by atoms with Gasteiger partial charge in [-0.1, -0.05) is 36.4 Å². The predicted octanol–water partition coefficient (Wildman–Crippen LogP) is 4.53. The van der Waals surface area contributed by atoms with E-state index in [-0.39, 0.29) is 16.8 Å². The summed E-state index contributed by atoms with van der Waals surface area (Å²) in [5.41, 5.74) is -4.17. The predicted molar refractivity (Wildman–Crippen MR) is 96.0 cm³/mol. The number of carbonyl (C=O) groups excluding carboxylic acids is 2. The molecular formula is C20H9F3N2O4. The standard InChI is InChI=1S/C20H9F3N2O4/c21-15-13-14(20(27)10-6-2-1-5-9(10)19(13)26)16(22)18(17(15)23)24-11-7-3-4-8-12(11)25(28)29/h1-8,24H. The SMILES string of the molecule is O=C1c2ccccc2C(=O)c2c(F)c(Nc3ccccc3[N+](=O)[O-])c(F)c(F)c21. The maximum absolute atomic E-state index is 15.1. The summed E-state index contributed by atoms with van der Waals surface area (Å²) in [4.78, 5) is 35.6. The Balaban J connectivity index is 1.94. The number of para-hydroxylation sites is 2. The van der Waals surface area contributed by atoms with E-state index in [0.717, 1.165) is 12.1 Å². The van der Waals surface area contributed by atoms with Crippen molar-refractivity contribution in [3.8, 4) is 0 Å². The number of anilines is 2. The number of fused-ring (bicyclic) bond motifs is 2. The smallest absolute Gasteiger partial charge is 0.292 e. The van der Waals surface area contributed by atoms with Gasteiger partial charge < -0.3 is 5.32 Å². The van der Waals surface area contributed by atoms with E-state index in [1.165, 1.54) is 36.4 Å². The summed E-state index contributed by atoms with van der Waals surface area (Å²) in [6.07, 6.45) is 0. The lowest BCUT2D eigenvalue weighted by atomic mass is 9.83. The minimum Gasteiger partial charge on any atom is -0.345 e. The van der Waals surface area contributed by atoms with E-state index in [2.05, 4.69) is 5.32 Å². The zero-order chi connectivity index (χ0) is 20.9. The molecule has 0 fully saturated rings. The number of halogens is 3. The molecule has 4 rings (SSSR count). The highest BCUT2D eigenvalue weighted by atomic mass is 19.2. The molecule has 0 bridgehead atoms. The second kappa shape index (κ2) is 6.55. The second-order valence-electron chi connectivity index (χ2n) is 6.17. The summed E-state index contributed by atoms with van der Waals surface area (Å²) in [5.74, 6) is -7.00. The average Bonchev–Trinajstić information content (AvgIpc) is 2.72. The fraction of sp³-hybridized carbons (Fsp3) is 0. The molecule has 0 saturated heterocycles. The molecule has 0 spiro atoms. The van der Waals surface area contributed by atoms with Crippen LogP contribution in [0.25, 0.3) is 0 Å². The monoisotopic (exact) mass is 398 g/mol. The third kappa shape index (κ3) is 2.66.